The van der Waals surface area contributed by atoms with Crippen molar-refractivity contribution in [2.45, 2.75) is 13.8 Å². The minimum atomic E-state index is -0.531. The standard InChI is InChI=1S/C17H14N2O3S/c1-10-6-11(2)8-12(7-10)19-16(21)14(15(20)18-17(19)23)9-13-4-3-5-22-13/h3-9H,1-2H3,(H,18,20,23)/b14-9+. The third-order valence-electron chi connectivity index (χ3n) is 3.40. The number of hydrogen-bond acceptors (Lipinski definition) is 4. The molecule has 0 spiro atoms. The Balaban J connectivity index is 2.05. The van der Waals surface area contributed by atoms with Crippen LogP contribution >= 0.6 is 12.2 Å². The van der Waals surface area contributed by atoms with Crippen molar-refractivity contribution in [3.8, 4) is 0 Å². The maximum absolute atomic E-state index is 12.8. The first-order chi connectivity index (χ1) is 11.0. The third-order valence-corrected chi connectivity index (χ3v) is 3.68. The second-order valence-electron chi connectivity index (χ2n) is 5.32. The lowest BCUT2D eigenvalue weighted by atomic mass is 10.1. The predicted molar refractivity (Wildman–Crippen MR) is 90.8 cm³/mol. The maximum atomic E-state index is 12.8. The number of furan rings is 1. The third kappa shape index (κ3) is 2.93. The second-order valence-corrected chi connectivity index (χ2v) is 5.71. The molecule has 2 amide bonds. The number of nitrogens with one attached hydrogen (secondary N) is 1. The van der Waals surface area contributed by atoms with E-state index in [9.17, 15) is 9.59 Å². The van der Waals surface area contributed by atoms with Gasteiger partial charge in [0.2, 0.25) is 0 Å². The Kier molecular flexibility index (Phi) is 3.83. The van der Waals surface area contributed by atoms with Gasteiger partial charge in [0, 0.05) is 0 Å². The highest BCUT2D eigenvalue weighted by Gasteiger charge is 2.34. The molecule has 0 aliphatic carbocycles. The molecule has 0 radical (unpaired) electrons. The molecular formula is C17H14N2O3S. The van der Waals surface area contributed by atoms with Crippen LogP contribution in [-0.2, 0) is 9.59 Å². The first-order valence-electron chi connectivity index (χ1n) is 6.99. The molecule has 1 aromatic carbocycles. The molecule has 1 fully saturated rings. The minimum Gasteiger partial charge on any atom is -0.465 e. The number of hydrogen-bond donors (Lipinski definition) is 1. The predicted octanol–water partition coefficient (Wildman–Crippen LogP) is 2.73. The van der Waals surface area contributed by atoms with Gasteiger partial charge in [0.1, 0.15) is 11.3 Å². The summed E-state index contributed by atoms with van der Waals surface area (Å²) in [6.07, 6.45) is 2.89. The number of rotatable bonds is 2. The number of carbonyl (C=O) groups excluding carboxylic acids is 2. The molecule has 1 saturated heterocycles. The molecule has 116 valence electrons. The summed E-state index contributed by atoms with van der Waals surface area (Å²) in [7, 11) is 0. The highest BCUT2D eigenvalue weighted by molar-refractivity contribution is 7.80. The van der Waals surface area contributed by atoms with E-state index in [1.165, 1.54) is 17.2 Å². The summed E-state index contributed by atoms with van der Waals surface area (Å²) in [5.41, 5.74) is 2.61. The van der Waals surface area contributed by atoms with E-state index in [1.54, 1.807) is 12.1 Å². The molecule has 0 bridgehead atoms. The van der Waals surface area contributed by atoms with Crippen LogP contribution in [0, 0.1) is 13.8 Å². The number of nitrogens with zero attached hydrogens (tertiary/aromatic N) is 1. The van der Waals surface area contributed by atoms with Crippen molar-refractivity contribution in [3.05, 3.63) is 59.1 Å². The zero-order valence-electron chi connectivity index (χ0n) is 12.6. The van der Waals surface area contributed by atoms with Gasteiger partial charge in [-0.1, -0.05) is 6.07 Å². The molecular weight excluding hydrogens is 312 g/mol. The number of aryl methyl sites for hydroxylation is 2. The number of amides is 2. The van der Waals surface area contributed by atoms with Gasteiger partial charge in [-0.2, -0.15) is 0 Å². The topological polar surface area (TPSA) is 62.6 Å². The van der Waals surface area contributed by atoms with Crippen molar-refractivity contribution in [1.82, 2.24) is 5.32 Å². The normalized spacial score (nSPS) is 16.9. The van der Waals surface area contributed by atoms with Crippen molar-refractivity contribution >= 4 is 40.9 Å². The average molecular weight is 326 g/mol. The van der Waals surface area contributed by atoms with Crippen LogP contribution in [0.15, 0.2) is 46.6 Å². The first-order valence-corrected chi connectivity index (χ1v) is 7.40. The molecule has 1 N–H and O–H groups in total. The minimum absolute atomic E-state index is 0.0206. The summed E-state index contributed by atoms with van der Waals surface area (Å²) in [6, 6.07) is 9.04. The van der Waals surface area contributed by atoms with Crippen molar-refractivity contribution in [1.29, 1.82) is 0 Å². The fraction of sp³-hybridized carbons (Fsp3) is 0.118. The van der Waals surface area contributed by atoms with Gasteiger partial charge in [-0.05, 0) is 67.5 Å². The summed E-state index contributed by atoms with van der Waals surface area (Å²) >= 11 is 5.17. The molecule has 0 unspecified atom stereocenters. The Morgan fingerprint density at radius 3 is 2.48 bits per heavy atom. The van der Waals surface area contributed by atoms with Crippen molar-refractivity contribution in [3.63, 3.8) is 0 Å². The van der Waals surface area contributed by atoms with Crippen LogP contribution in [0.5, 0.6) is 0 Å². The molecule has 3 rings (SSSR count). The maximum Gasteiger partial charge on any atom is 0.270 e. The highest BCUT2D eigenvalue weighted by atomic mass is 32.1. The van der Waals surface area contributed by atoms with Crippen LogP contribution in [0.4, 0.5) is 5.69 Å². The molecule has 2 aromatic rings. The zero-order valence-corrected chi connectivity index (χ0v) is 13.4. The van der Waals surface area contributed by atoms with Crippen LogP contribution in [0.2, 0.25) is 0 Å². The van der Waals surface area contributed by atoms with Gasteiger partial charge >= 0.3 is 0 Å². The van der Waals surface area contributed by atoms with Crippen LogP contribution in [0.1, 0.15) is 16.9 Å². The van der Waals surface area contributed by atoms with Crippen LogP contribution < -0.4 is 10.2 Å². The monoisotopic (exact) mass is 326 g/mol. The lowest BCUT2D eigenvalue weighted by Crippen LogP contribution is -2.54. The van der Waals surface area contributed by atoms with E-state index in [2.05, 4.69) is 5.32 Å². The van der Waals surface area contributed by atoms with Gasteiger partial charge in [0.05, 0.1) is 12.0 Å². The number of anilines is 1. The van der Waals surface area contributed by atoms with Crippen LogP contribution in [0.25, 0.3) is 6.08 Å². The van der Waals surface area contributed by atoms with Gasteiger partial charge in [-0.3, -0.25) is 19.8 Å². The van der Waals surface area contributed by atoms with Gasteiger partial charge in [0.25, 0.3) is 11.8 Å². The van der Waals surface area contributed by atoms with Crippen molar-refractivity contribution < 1.29 is 14.0 Å². The summed E-state index contributed by atoms with van der Waals surface area (Å²) in [4.78, 5) is 26.2. The largest absolute Gasteiger partial charge is 0.465 e. The van der Waals surface area contributed by atoms with E-state index in [0.29, 0.717) is 11.4 Å². The summed E-state index contributed by atoms with van der Waals surface area (Å²) in [5, 5.41) is 2.62. The number of benzene rings is 1. The van der Waals surface area contributed by atoms with E-state index in [0.717, 1.165) is 11.1 Å². The quantitative estimate of drug-likeness (QED) is 0.524. The fourth-order valence-electron chi connectivity index (χ4n) is 2.49. The Morgan fingerprint density at radius 2 is 1.87 bits per heavy atom. The fourth-order valence-corrected chi connectivity index (χ4v) is 2.77. The van der Waals surface area contributed by atoms with E-state index >= 15 is 0 Å². The first kappa shape index (κ1) is 15.2. The van der Waals surface area contributed by atoms with Gasteiger partial charge < -0.3 is 4.42 Å². The van der Waals surface area contributed by atoms with E-state index in [-0.39, 0.29) is 10.7 Å². The molecule has 2 heterocycles. The summed E-state index contributed by atoms with van der Waals surface area (Å²) < 4.78 is 5.18. The van der Waals surface area contributed by atoms with Crippen LogP contribution in [0.3, 0.4) is 0 Å². The summed E-state index contributed by atoms with van der Waals surface area (Å²) in [5.74, 6) is -0.575. The molecule has 5 nitrogen and oxygen atoms in total. The summed E-state index contributed by atoms with van der Waals surface area (Å²) in [6.45, 7) is 3.87. The molecule has 23 heavy (non-hydrogen) atoms. The molecule has 6 heteroatoms. The van der Waals surface area contributed by atoms with Crippen molar-refractivity contribution in [2.24, 2.45) is 0 Å². The van der Waals surface area contributed by atoms with E-state index in [1.807, 2.05) is 32.0 Å². The molecule has 1 aromatic heterocycles. The smallest absolute Gasteiger partial charge is 0.270 e. The molecule has 0 saturated carbocycles. The molecule has 0 atom stereocenters. The molecule has 1 aliphatic heterocycles. The van der Waals surface area contributed by atoms with Gasteiger partial charge in [-0.15, -0.1) is 0 Å². The molecule has 1 aliphatic rings. The second kappa shape index (κ2) is 5.81. The average Bonchev–Trinajstić information content (AvgIpc) is 2.95. The Bertz CT molecular complexity index is 817. The Labute approximate surface area is 138 Å². The number of thiocarbonyl (C=S) groups is 1. The lowest BCUT2D eigenvalue weighted by Gasteiger charge is -2.29. The van der Waals surface area contributed by atoms with Gasteiger partial charge in [-0.25, -0.2) is 0 Å². The zero-order chi connectivity index (χ0) is 16.6. The Hall–Kier alpha value is -2.73. The lowest BCUT2D eigenvalue weighted by molar-refractivity contribution is -0.122. The number of carbonyl (C=O) groups is 2. The van der Waals surface area contributed by atoms with Crippen LogP contribution in [-0.4, -0.2) is 16.9 Å². The van der Waals surface area contributed by atoms with Crippen molar-refractivity contribution in [2.75, 3.05) is 4.90 Å². The van der Waals surface area contributed by atoms with E-state index < -0.39 is 11.8 Å². The highest BCUT2D eigenvalue weighted by Crippen LogP contribution is 2.24. The van der Waals surface area contributed by atoms with Gasteiger partial charge in [0.15, 0.2) is 5.11 Å². The Morgan fingerprint density at radius 1 is 1.17 bits per heavy atom. The van der Waals surface area contributed by atoms with E-state index in [4.69, 9.17) is 16.6 Å². The SMILES string of the molecule is Cc1cc(C)cc(N2C(=O)/C(=C/c3ccco3)C(=O)NC2=S)c1.